The lowest BCUT2D eigenvalue weighted by atomic mass is 10.1. The van der Waals surface area contributed by atoms with Gasteiger partial charge in [-0.15, -0.1) is 11.3 Å². The number of benzene rings is 1. The molecule has 1 saturated heterocycles. The number of alkyl halides is 3. The molecule has 31 heavy (non-hydrogen) atoms. The number of anilines is 1. The van der Waals surface area contributed by atoms with Crippen LogP contribution in [0.3, 0.4) is 0 Å². The highest BCUT2D eigenvalue weighted by Gasteiger charge is 2.36. The van der Waals surface area contributed by atoms with Crippen LogP contribution < -0.4 is 9.46 Å². The highest BCUT2D eigenvalue weighted by atomic mass is 35.5. The first kappa shape index (κ1) is 23.6. The van der Waals surface area contributed by atoms with E-state index in [-0.39, 0.29) is 19.8 Å². The number of carbonyl (C=O) groups excluding carboxylic acids is 1. The van der Waals surface area contributed by atoms with E-state index in [0.29, 0.717) is 30.8 Å². The summed E-state index contributed by atoms with van der Waals surface area (Å²) in [6.07, 6.45) is -4.57. The number of esters is 1. The summed E-state index contributed by atoms with van der Waals surface area (Å²) in [5, 5.41) is 0. The second kappa shape index (κ2) is 8.85. The van der Waals surface area contributed by atoms with Crippen molar-refractivity contribution in [2.75, 3.05) is 32.0 Å². The van der Waals surface area contributed by atoms with E-state index >= 15 is 0 Å². The Balaban J connectivity index is 1.90. The maximum Gasteiger partial charge on any atom is 0.419 e. The van der Waals surface area contributed by atoms with Crippen molar-refractivity contribution in [3.05, 3.63) is 39.7 Å². The molecule has 0 aliphatic carbocycles. The van der Waals surface area contributed by atoms with Crippen LogP contribution in [0.2, 0.25) is 4.34 Å². The Morgan fingerprint density at radius 1 is 1.32 bits per heavy atom. The zero-order valence-corrected chi connectivity index (χ0v) is 18.7. The molecule has 1 fully saturated rings. The van der Waals surface area contributed by atoms with Gasteiger partial charge in [0.05, 0.1) is 23.9 Å². The van der Waals surface area contributed by atoms with E-state index < -0.39 is 39.6 Å². The smallest absolute Gasteiger partial charge is 0.419 e. The van der Waals surface area contributed by atoms with Crippen LogP contribution in [0.1, 0.15) is 22.3 Å². The van der Waals surface area contributed by atoms with E-state index in [1.54, 1.807) is 0 Å². The number of thiophene rings is 1. The molecule has 0 spiro atoms. The zero-order valence-electron chi connectivity index (χ0n) is 16.3. The molecule has 170 valence electrons. The standard InChI is InChI=1S/C18H18ClF3N2O5S2/c1-24-6-5-11(9-24)29-14-7-10(3-4-13(14)18(20,21)22)23-31(26,27)15-8-12(16(19)30-15)17(25)28-2/h3-4,7-8,11,23H,5-6,9H2,1-2H3/t11-/m1/s1. The van der Waals surface area contributed by atoms with Gasteiger partial charge < -0.3 is 14.4 Å². The van der Waals surface area contributed by atoms with Crippen LogP contribution in [0, 0.1) is 0 Å². The lowest BCUT2D eigenvalue weighted by Gasteiger charge is -2.19. The van der Waals surface area contributed by atoms with Crippen molar-refractivity contribution in [3.8, 4) is 5.75 Å². The average molecular weight is 499 g/mol. The maximum atomic E-state index is 13.4. The molecule has 0 radical (unpaired) electrons. The molecule has 0 amide bonds. The highest BCUT2D eigenvalue weighted by Crippen LogP contribution is 2.39. The van der Waals surface area contributed by atoms with E-state index in [4.69, 9.17) is 16.3 Å². The fraction of sp³-hybridized carbons (Fsp3) is 0.389. The Morgan fingerprint density at radius 3 is 2.61 bits per heavy atom. The van der Waals surface area contributed by atoms with Crippen LogP contribution in [-0.2, 0) is 20.9 Å². The van der Waals surface area contributed by atoms with E-state index in [1.807, 2.05) is 11.9 Å². The third-order valence-electron chi connectivity index (χ3n) is 4.52. The number of methoxy groups -OCH3 is 1. The van der Waals surface area contributed by atoms with Crippen molar-refractivity contribution in [3.63, 3.8) is 0 Å². The number of carbonyl (C=O) groups is 1. The highest BCUT2D eigenvalue weighted by molar-refractivity contribution is 7.94. The van der Waals surface area contributed by atoms with E-state index in [9.17, 15) is 26.4 Å². The van der Waals surface area contributed by atoms with Crippen molar-refractivity contribution in [2.24, 2.45) is 0 Å². The number of hydrogen-bond donors (Lipinski definition) is 1. The summed E-state index contributed by atoms with van der Waals surface area (Å²) in [6, 6.07) is 3.78. The predicted molar refractivity (Wildman–Crippen MR) is 109 cm³/mol. The summed E-state index contributed by atoms with van der Waals surface area (Å²) in [4.78, 5) is 13.6. The first-order valence-corrected chi connectivity index (χ1v) is 11.6. The van der Waals surface area contributed by atoms with E-state index in [2.05, 4.69) is 9.46 Å². The van der Waals surface area contributed by atoms with Crippen LogP contribution in [0.15, 0.2) is 28.5 Å². The fourth-order valence-corrected chi connectivity index (χ4v) is 5.77. The minimum absolute atomic E-state index is 0.0889. The Hall–Kier alpha value is -2.02. The molecule has 0 bridgehead atoms. The Morgan fingerprint density at radius 2 is 2.03 bits per heavy atom. The van der Waals surface area contributed by atoms with Gasteiger partial charge in [-0.05, 0) is 31.7 Å². The molecule has 1 atom stereocenters. The molecule has 1 N–H and O–H groups in total. The molecule has 7 nitrogen and oxygen atoms in total. The Kier molecular flexibility index (Phi) is 6.75. The number of nitrogens with zero attached hydrogens (tertiary/aromatic N) is 1. The summed E-state index contributed by atoms with van der Waals surface area (Å²) in [5.74, 6) is -1.28. The second-order valence-corrected chi connectivity index (χ2v) is 10.4. The van der Waals surface area contributed by atoms with Gasteiger partial charge in [0, 0.05) is 19.2 Å². The molecule has 1 aromatic heterocycles. The minimum atomic E-state index is -4.67. The number of rotatable bonds is 6. The molecule has 3 rings (SSSR count). The van der Waals surface area contributed by atoms with Crippen LogP contribution in [-0.4, -0.2) is 52.6 Å². The molecule has 1 aliphatic rings. The van der Waals surface area contributed by atoms with Crippen molar-refractivity contribution >= 4 is 44.6 Å². The zero-order chi connectivity index (χ0) is 23.0. The summed E-state index contributed by atoms with van der Waals surface area (Å²) in [7, 11) is -1.28. The maximum absolute atomic E-state index is 13.4. The van der Waals surface area contributed by atoms with Gasteiger partial charge in [0.25, 0.3) is 10.0 Å². The summed E-state index contributed by atoms with van der Waals surface area (Å²) >= 11 is 6.53. The summed E-state index contributed by atoms with van der Waals surface area (Å²) < 4.78 is 77.5. The topological polar surface area (TPSA) is 84.9 Å². The van der Waals surface area contributed by atoms with Crippen LogP contribution in [0.4, 0.5) is 18.9 Å². The Bertz CT molecular complexity index is 1090. The molecule has 13 heteroatoms. The van der Waals surface area contributed by atoms with Crippen molar-refractivity contribution in [1.82, 2.24) is 4.90 Å². The molecular weight excluding hydrogens is 481 g/mol. The molecule has 2 heterocycles. The first-order chi connectivity index (χ1) is 14.4. The molecule has 2 aromatic rings. The van der Waals surface area contributed by atoms with Gasteiger partial charge in [-0.25, -0.2) is 13.2 Å². The van der Waals surface area contributed by atoms with Crippen LogP contribution in [0.25, 0.3) is 0 Å². The number of ether oxygens (including phenoxy) is 2. The number of hydrogen-bond acceptors (Lipinski definition) is 7. The third-order valence-corrected chi connectivity index (χ3v) is 7.73. The average Bonchev–Trinajstić information content (AvgIpc) is 3.26. The van der Waals surface area contributed by atoms with Crippen molar-refractivity contribution < 1.29 is 35.9 Å². The number of likely N-dealkylation sites (N-methyl/N-ethyl adjacent to an activating group) is 1. The SMILES string of the molecule is COC(=O)c1cc(S(=O)(=O)Nc2ccc(C(F)(F)F)c(O[C@@H]3CCN(C)C3)c2)sc1Cl. The minimum Gasteiger partial charge on any atom is -0.488 e. The number of nitrogens with one attached hydrogen (secondary N) is 1. The third kappa shape index (κ3) is 5.43. The normalized spacial score (nSPS) is 17.5. The van der Waals surface area contributed by atoms with Gasteiger partial charge in [-0.1, -0.05) is 11.6 Å². The van der Waals surface area contributed by atoms with Crippen LogP contribution in [0.5, 0.6) is 5.75 Å². The summed E-state index contributed by atoms with van der Waals surface area (Å²) in [5.41, 5.74) is -1.26. The van der Waals surface area contributed by atoms with E-state index in [1.165, 1.54) is 0 Å². The second-order valence-electron chi connectivity index (χ2n) is 6.85. The lowest BCUT2D eigenvalue weighted by molar-refractivity contribution is -0.139. The van der Waals surface area contributed by atoms with Crippen LogP contribution >= 0.6 is 22.9 Å². The van der Waals surface area contributed by atoms with Crippen molar-refractivity contribution in [2.45, 2.75) is 22.9 Å². The molecule has 0 unspecified atom stereocenters. The van der Waals surface area contributed by atoms with Crippen molar-refractivity contribution in [1.29, 1.82) is 0 Å². The van der Waals surface area contributed by atoms with E-state index in [0.717, 1.165) is 31.4 Å². The molecular formula is C18H18ClF3N2O5S2. The number of likely N-dealkylation sites (tertiary alicyclic amines) is 1. The molecule has 1 aromatic carbocycles. The number of halogens is 4. The first-order valence-electron chi connectivity index (χ1n) is 8.87. The quantitative estimate of drug-likeness (QED) is 0.604. The number of sulfonamides is 1. The Labute approximate surface area is 185 Å². The van der Waals surface area contributed by atoms with Gasteiger partial charge in [0.15, 0.2) is 0 Å². The predicted octanol–water partition coefficient (Wildman–Crippen LogP) is 4.09. The molecule has 0 saturated carbocycles. The van der Waals surface area contributed by atoms with Gasteiger partial charge >= 0.3 is 12.1 Å². The van der Waals surface area contributed by atoms with Gasteiger partial charge in [0.1, 0.15) is 20.4 Å². The fourth-order valence-electron chi connectivity index (χ4n) is 3.02. The summed E-state index contributed by atoms with van der Waals surface area (Å²) in [6.45, 7) is 1.14. The molecule has 1 aliphatic heterocycles. The van der Waals surface area contributed by atoms with Gasteiger partial charge in [-0.3, -0.25) is 4.72 Å². The monoisotopic (exact) mass is 498 g/mol. The lowest BCUT2D eigenvalue weighted by Crippen LogP contribution is -2.23. The van der Waals surface area contributed by atoms with Gasteiger partial charge in [-0.2, -0.15) is 13.2 Å². The van der Waals surface area contributed by atoms with Gasteiger partial charge in [0.2, 0.25) is 0 Å². The largest absolute Gasteiger partial charge is 0.488 e.